The molecular weight excluding hydrogens is 206 g/mol. The standard InChI is InChI=1S/C16H25N/c1-4-14-8-10-15(11-9-14)17-16-7-5-6-12(2)13(16)3/h8-13,16-17H,4-7H2,1-3H3. The Morgan fingerprint density at radius 3 is 2.47 bits per heavy atom. The number of rotatable bonds is 3. The third-order valence-electron chi connectivity index (χ3n) is 4.42. The first-order valence-corrected chi connectivity index (χ1v) is 7.06. The highest BCUT2D eigenvalue weighted by Crippen LogP contribution is 2.31. The largest absolute Gasteiger partial charge is 0.382 e. The smallest absolute Gasteiger partial charge is 0.0342 e. The van der Waals surface area contributed by atoms with E-state index in [4.69, 9.17) is 0 Å². The first kappa shape index (κ1) is 12.5. The van der Waals surface area contributed by atoms with Crippen LogP contribution >= 0.6 is 0 Å². The van der Waals surface area contributed by atoms with Crippen LogP contribution in [0.2, 0.25) is 0 Å². The molecule has 0 bridgehead atoms. The van der Waals surface area contributed by atoms with E-state index in [1.807, 2.05) is 0 Å². The van der Waals surface area contributed by atoms with E-state index >= 15 is 0 Å². The summed E-state index contributed by atoms with van der Waals surface area (Å²) in [6.07, 6.45) is 5.21. The first-order chi connectivity index (χ1) is 8.20. The number of hydrogen-bond donors (Lipinski definition) is 1. The van der Waals surface area contributed by atoms with Crippen molar-refractivity contribution in [2.24, 2.45) is 11.8 Å². The number of anilines is 1. The molecule has 1 aromatic carbocycles. The Bertz CT molecular complexity index is 341. The molecular formula is C16H25N. The molecule has 1 fully saturated rings. The van der Waals surface area contributed by atoms with Crippen molar-refractivity contribution < 1.29 is 0 Å². The number of nitrogens with one attached hydrogen (secondary N) is 1. The molecule has 0 spiro atoms. The summed E-state index contributed by atoms with van der Waals surface area (Å²) in [5, 5.41) is 3.71. The normalized spacial score (nSPS) is 29.0. The van der Waals surface area contributed by atoms with Crippen molar-refractivity contribution in [1.29, 1.82) is 0 Å². The highest BCUT2D eigenvalue weighted by atomic mass is 14.9. The quantitative estimate of drug-likeness (QED) is 0.808. The fourth-order valence-electron chi connectivity index (χ4n) is 2.84. The maximum absolute atomic E-state index is 3.71. The van der Waals surface area contributed by atoms with Gasteiger partial charge >= 0.3 is 0 Å². The summed E-state index contributed by atoms with van der Waals surface area (Å²) in [4.78, 5) is 0. The molecule has 1 saturated carbocycles. The molecule has 0 aromatic heterocycles. The Labute approximate surface area is 106 Å². The van der Waals surface area contributed by atoms with E-state index in [9.17, 15) is 0 Å². The van der Waals surface area contributed by atoms with E-state index in [0.717, 1.165) is 18.3 Å². The molecule has 3 atom stereocenters. The lowest BCUT2D eigenvalue weighted by Gasteiger charge is -2.35. The van der Waals surface area contributed by atoms with Crippen molar-refractivity contribution in [2.45, 2.75) is 52.5 Å². The summed E-state index contributed by atoms with van der Waals surface area (Å²) in [5.41, 5.74) is 2.70. The Balaban J connectivity index is 1.99. The minimum absolute atomic E-state index is 0.659. The molecule has 3 unspecified atom stereocenters. The average molecular weight is 231 g/mol. The molecule has 1 aromatic rings. The van der Waals surface area contributed by atoms with Gasteiger partial charge in [-0.3, -0.25) is 0 Å². The fourth-order valence-corrected chi connectivity index (χ4v) is 2.84. The van der Waals surface area contributed by atoms with E-state index in [2.05, 4.69) is 50.4 Å². The van der Waals surface area contributed by atoms with Crippen LogP contribution in [0.4, 0.5) is 5.69 Å². The predicted molar refractivity (Wildman–Crippen MR) is 75.4 cm³/mol. The zero-order chi connectivity index (χ0) is 12.3. The Morgan fingerprint density at radius 1 is 1.12 bits per heavy atom. The van der Waals surface area contributed by atoms with Crippen molar-refractivity contribution in [1.82, 2.24) is 0 Å². The zero-order valence-electron chi connectivity index (χ0n) is 11.4. The number of hydrogen-bond acceptors (Lipinski definition) is 1. The summed E-state index contributed by atoms with van der Waals surface area (Å²) < 4.78 is 0. The molecule has 1 nitrogen and oxygen atoms in total. The molecule has 0 aliphatic heterocycles. The highest BCUT2D eigenvalue weighted by Gasteiger charge is 2.26. The monoisotopic (exact) mass is 231 g/mol. The molecule has 2 rings (SSSR count). The number of benzene rings is 1. The van der Waals surface area contributed by atoms with Gasteiger partial charge in [0.15, 0.2) is 0 Å². The van der Waals surface area contributed by atoms with Gasteiger partial charge in [0.1, 0.15) is 0 Å². The minimum atomic E-state index is 0.659. The molecule has 94 valence electrons. The maximum atomic E-state index is 3.71. The predicted octanol–water partition coefficient (Wildman–Crippen LogP) is 4.49. The van der Waals surface area contributed by atoms with E-state index in [-0.39, 0.29) is 0 Å². The second-order valence-corrected chi connectivity index (χ2v) is 5.57. The van der Waals surface area contributed by atoms with Gasteiger partial charge < -0.3 is 5.32 Å². The Morgan fingerprint density at radius 2 is 1.82 bits per heavy atom. The second-order valence-electron chi connectivity index (χ2n) is 5.57. The first-order valence-electron chi connectivity index (χ1n) is 7.06. The SMILES string of the molecule is CCc1ccc(NC2CCCC(C)C2C)cc1. The molecule has 0 heterocycles. The highest BCUT2D eigenvalue weighted by molar-refractivity contribution is 5.45. The Hall–Kier alpha value is -0.980. The third-order valence-corrected chi connectivity index (χ3v) is 4.42. The van der Waals surface area contributed by atoms with Gasteiger partial charge in [-0.1, -0.05) is 45.7 Å². The molecule has 1 N–H and O–H groups in total. The molecule has 1 aliphatic carbocycles. The van der Waals surface area contributed by atoms with E-state index < -0.39 is 0 Å². The van der Waals surface area contributed by atoms with Crippen LogP contribution in [0.5, 0.6) is 0 Å². The summed E-state index contributed by atoms with van der Waals surface area (Å²) in [6.45, 7) is 6.98. The van der Waals surface area contributed by atoms with Crippen LogP contribution < -0.4 is 5.32 Å². The fraction of sp³-hybridized carbons (Fsp3) is 0.625. The lowest BCUT2D eigenvalue weighted by atomic mass is 9.78. The topological polar surface area (TPSA) is 12.0 Å². The maximum Gasteiger partial charge on any atom is 0.0342 e. The van der Waals surface area contributed by atoms with Crippen molar-refractivity contribution >= 4 is 5.69 Å². The lowest BCUT2D eigenvalue weighted by Crippen LogP contribution is -2.34. The van der Waals surface area contributed by atoms with Crippen LogP contribution in [0, 0.1) is 11.8 Å². The Kier molecular flexibility index (Phi) is 4.09. The molecule has 1 aliphatic rings. The second kappa shape index (κ2) is 5.57. The van der Waals surface area contributed by atoms with Crippen molar-refractivity contribution in [3.05, 3.63) is 29.8 Å². The summed E-state index contributed by atoms with van der Waals surface area (Å²) in [7, 11) is 0. The van der Waals surface area contributed by atoms with Gasteiger partial charge in [0.2, 0.25) is 0 Å². The zero-order valence-corrected chi connectivity index (χ0v) is 11.4. The van der Waals surface area contributed by atoms with Gasteiger partial charge in [-0.2, -0.15) is 0 Å². The molecule has 1 heteroatoms. The van der Waals surface area contributed by atoms with Crippen LogP contribution in [-0.4, -0.2) is 6.04 Å². The summed E-state index contributed by atoms with van der Waals surface area (Å²) in [5.74, 6) is 1.64. The van der Waals surface area contributed by atoms with Crippen LogP contribution in [-0.2, 0) is 6.42 Å². The van der Waals surface area contributed by atoms with Gasteiger partial charge in [0, 0.05) is 11.7 Å². The van der Waals surface area contributed by atoms with E-state index in [0.29, 0.717) is 6.04 Å². The van der Waals surface area contributed by atoms with Crippen LogP contribution in [0.25, 0.3) is 0 Å². The van der Waals surface area contributed by atoms with Gasteiger partial charge in [-0.15, -0.1) is 0 Å². The van der Waals surface area contributed by atoms with Gasteiger partial charge in [-0.25, -0.2) is 0 Å². The van der Waals surface area contributed by atoms with Gasteiger partial charge in [0.05, 0.1) is 0 Å². The summed E-state index contributed by atoms with van der Waals surface area (Å²) >= 11 is 0. The average Bonchev–Trinajstić information content (AvgIpc) is 2.36. The van der Waals surface area contributed by atoms with Crippen LogP contribution in [0.1, 0.15) is 45.6 Å². The third kappa shape index (κ3) is 3.02. The van der Waals surface area contributed by atoms with Crippen LogP contribution in [0.15, 0.2) is 24.3 Å². The summed E-state index contributed by atoms with van der Waals surface area (Å²) in [6, 6.07) is 9.58. The minimum Gasteiger partial charge on any atom is -0.382 e. The molecule has 17 heavy (non-hydrogen) atoms. The van der Waals surface area contributed by atoms with Gasteiger partial charge in [-0.05, 0) is 42.4 Å². The van der Waals surface area contributed by atoms with Crippen molar-refractivity contribution in [3.63, 3.8) is 0 Å². The molecule has 0 radical (unpaired) electrons. The van der Waals surface area contributed by atoms with Crippen LogP contribution in [0.3, 0.4) is 0 Å². The molecule has 0 amide bonds. The van der Waals surface area contributed by atoms with Crippen molar-refractivity contribution in [3.8, 4) is 0 Å². The number of aryl methyl sites for hydroxylation is 1. The van der Waals surface area contributed by atoms with E-state index in [1.165, 1.54) is 30.5 Å². The van der Waals surface area contributed by atoms with Gasteiger partial charge in [0.25, 0.3) is 0 Å². The van der Waals surface area contributed by atoms with Crippen molar-refractivity contribution in [2.75, 3.05) is 5.32 Å². The lowest BCUT2D eigenvalue weighted by molar-refractivity contribution is 0.253. The van der Waals surface area contributed by atoms with E-state index in [1.54, 1.807) is 0 Å². The molecule has 0 saturated heterocycles.